The van der Waals surface area contributed by atoms with Crippen molar-refractivity contribution >= 4 is 11.9 Å². The SMILES string of the molecule is C=CC(=O)N(C)CC(=O)OCC(CC)CCCC. The van der Waals surface area contributed by atoms with Gasteiger partial charge in [-0.25, -0.2) is 0 Å². The van der Waals surface area contributed by atoms with Crippen molar-refractivity contribution in [2.75, 3.05) is 20.2 Å². The van der Waals surface area contributed by atoms with Gasteiger partial charge in [0, 0.05) is 7.05 Å². The lowest BCUT2D eigenvalue weighted by Crippen LogP contribution is -2.32. The lowest BCUT2D eigenvalue weighted by molar-refractivity contribution is -0.148. The second-order valence-corrected chi connectivity index (χ2v) is 4.50. The highest BCUT2D eigenvalue weighted by Crippen LogP contribution is 2.12. The first-order valence-electron chi connectivity index (χ1n) is 6.58. The summed E-state index contributed by atoms with van der Waals surface area (Å²) in [7, 11) is 1.56. The van der Waals surface area contributed by atoms with E-state index in [9.17, 15) is 9.59 Å². The third-order valence-electron chi connectivity index (χ3n) is 2.94. The van der Waals surface area contributed by atoms with Crippen LogP contribution in [0.4, 0.5) is 0 Å². The number of hydrogen-bond donors (Lipinski definition) is 0. The normalized spacial score (nSPS) is 11.7. The van der Waals surface area contributed by atoms with Gasteiger partial charge in [-0.2, -0.15) is 0 Å². The maximum atomic E-state index is 11.5. The molecule has 1 unspecified atom stereocenters. The molecule has 0 bridgehead atoms. The van der Waals surface area contributed by atoms with E-state index in [1.807, 2.05) is 0 Å². The minimum Gasteiger partial charge on any atom is -0.464 e. The lowest BCUT2D eigenvalue weighted by atomic mass is 10.0. The highest BCUT2D eigenvalue weighted by molar-refractivity contribution is 5.89. The zero-order valence-corrected chi connectivity index (χ0v) is 11.8. The quantitative estimate of drug-likeness (QED) is 0.469. The van der Waals surface area contributed by atoms with Crippen molar-refractivity contribution in [3.8, 4) is 0 Å². The third-order valence-corrected chi connectivity index (χ3v) is 2.94. The summed E-state index contributed by atoms with van der Waals surface area (Å²) in [6.45, 7) is 8.04. The van der Waals surface area contributed by atoms with Gasteiger partial charge in [-0.1, -0.05) is 39.7 Å². The summed E-state index contributed by atoms with van der Waals surface area (Å²) < 4.78 is 5.19. The minimum absolute atomic E-state index is 0.0188. The molecule has 0 aliphatic carbocycles. The Bertz CT molecular complexity index is 276. The number of carbonyl (C=O) groups is 2. The molecule has 0 aliphatic heterocycles. The zero-order chi connectivity index (χ0) is 14.0. The number of rotatable bonds is 9. The first-order valence-corrected chi connectivity index (χ1v) is 6.58. The molecule has 18 heavy (non-hydrogen) atoms. The molecular formula is C14H25NO3. The molecule has 0 saturated heterocycles. The molecule has 104 valence electrons. The minimum atomic E-state index is -0.359. The Morgan fingerprint density at radius 2 is 2.06 bits per heavy atom. The molecule has 0 rings (SSSR count). The van der Waals surface area contributed by atoms with Crippen LogP contribution in [0.25, 0.3) is 0 Å². The lowest BCUT2D eigenvalue weighted by Gasteiger charge is -2.17. The van der Waals surface area contributed by atoms with Crippen LogP contribution in [-0.4, -0.2) is 37.0 Å². The number of likely N-dealkylation sites (N-methyl/N-ethyl adjacent to an activating group) is 1. The molecule has 1 amide bonds. The number of amides is 1. The van der Waals surface area contributed by atoms with E-state index >= 15 is 0 Å². The molecule has 4 nitrogen and oxygen atoms in total. The Balaban J connectivity index is 3.93. The number of carbonyl (C=O) groups excluding carboxylic acids is 2. The number of esters is 1. The Hall–Kier alpha value is -1.32. The van der Waals surface area contributed by atoms with Gasteiger partial charge in [0.25, 0.3) is 0 Å². The van der Waals surface area contributed by atoms with E-state index in [-0.39, 0.29) is 18.4 Å². The predicted octanol–water partition coefficient (Wildman–Crippen LogP) is 2.39. The summed E-state index contributed by atoms with van der Waals surface area (Å²) in [6.07, 6.45) is 5.59. The number of ether oxygens (including phenoxy) is 1. The highest BCUT2D eigenvalue weighted by Gasteiger charge is 2.13. The Kier molecular flexibility index (Phi) is 8.97. The molecule has 0 heterocycles. The van der Waals surface area contributed by atoms with Gasteiger partial charge < -0.3 is 9.64 Å². The van der Waals surface area contributed by atoms with Crippen LogP contribution in [0, 0.1) is 5.92 Å². The summed E-state index contributed by atoms with van der Waals surface area (Å²) >= 11 is 0. The topological polar surface area (TPSA) is 46.6 Å². The van der Waals surface area contributed by atoms with Gasteiger partial charge in [0.2, 0.25) is 5.91 Å². The van der Waals surface area contributed by atoms with Crippen molar-refractivity contribution in [2.45, 2.75) is 39.5 Å². The summed E-state index contributed by atoms with van der Waals surface area (Å²) in [5, 5.41) is 0. The van der Waals surface area contributed by atoms with Crippen molar-refractivity contribution in [1.29, 1.82) is 0 Å². The van der Waals surface area contributed by atoms with Crippen LogP contribution in [0.2, 0.25) is 0 Å². The van der Waals surface area contributed by atoms with Crippen molar-refractivity contribution in [3.63, 3.8) is 0 Å². The van der Waals surface area contributed by atoms with Gasteiger partial charge in [-0.3, -0.25) is 9.59 Å². The molecule has 0 N–H and O–H groups in total. The van der Waals surface area contributed by atoms with E-state index in [2.05, 4.69) is 20.4 Å². The number of nitrogens with zero attached hydrogens (tertiary/aromatic N) is 1. The van der Waals surface area contributed by atoms with E-state index in [4.69, 9.17) is 4.74 Å². The number of unbranched alkanes of at least 4 members (excludes halogenated alkanes) is 1. The van der Waals surface area contributed by atoms with Crippen LogP contribution in [0.3, 0.4) is 0 Å². The van der Waals surface area contributed by atoms with Crippen LogP contribution in [-0.2, 0) is 14.3 Å². The van der Waals surface area contributed by atoms with Crippen LogP contribution in [0.5, 0.6) is 0 Å². The Morgan fingerprint density at radius 1 is 1.39 bits per heavy atom. The molecule has 1 atom stereocenters. The van der Waals surface area contributed by atoms with Gasteiger partial charge in [0.05, 0.1) is 6.61 Å². The van der Waals surface area contributed by atoms with Crippen molar-refractivity contribution in [2.24, 2.45) is 5.92 Å². The van der Waals surface area contributed by atoms with Gasteiger partial charge >= 0.3 is 5.97 Å². The van der Waals surface area contributed by atoms with Crippen molar-refractivity contribution < 1.29 is 14.3 Å². The van der Waals surface area contributed by atoms with E-state index in [0.717, 1.165) is 25.7 Å². The highest BCUT2D eigenvalue weighted by atomic mass is 16.5. The Labute approximate surface area is 110 Å². The molecular weight excluding hydrogens is 230 g/mol. The summed E-state index contributed by atoms with van der Waals surface area (Å²) in [5.74, 6) is -0.207. The summed E-state index contributed by atoms with van der Waals surface area (Å²) in [5.41, 5.74) is 0. The van der Waals surface area contributed by atoms with Crippen LogP contribution >= 0.6 is 0 Å². The molecule has 0 aromatic carbocycles. The van der Waals surface area contributed by atoms with Crippen LogP contribution < -0.4 is 0 Å². The van der Waals surface area contributed by atoms with Crippen LogP contribution in [0.1, 0.15) is 39.5 Å². The van der Waals surface area contributed by atoms with Crippen LogP contribution in [0.15, 0.2) is 12.7 Å². The van der Waals surface area contributed by atoms with Crippen molar-refractivity contribution in [1.82, 2.24) is 4.90 Å². The average molecular weight is 255 g/mol. The summed E-state index contributed by atoms with van der Waals surface area (Å²) in [4.78, 5) is 24.0. The fourth-order valence-electron chi connectivity index (χ4n) is 1.58. The molecule has 0 aromatic heterocycles. The average Bonchev–Trinajstić information content (AvgIpc) is 2.37. The van der Waals surface area contributed by atoms with Gasteiger partial charge in [0.15, 0.2) is 0 Å². The maximum absolute atomic E-state index is 11.5. The smallest absolute Gasteiger partial charge is 0.325 e. The van der Waals surface area contributed by atoms with E-state index < -0.39 is 0 Å². The largest absolute Gasteiger partial charge is 0.464 e. The van der Waals surface area contributed by atoms with Gasteiger partial charge in [-0.15, -0.1) is 0 Å². The first-order chi connectivity index (χ1) is 8.54. The molecule has 0 saturated carbocycles. The number of hydrogen-bond acceptors (Lipinski definition) is 3. The second-order valence-electron chi connectivity index (χ2n) is 4.50. The second kappa shape index (κ2) is 9.68. The van der Waals surface area contributed by atoms with Gasteiger partial charge in [0.1, 0.15) is 6.54 Å². The molecule has 0 aromatic rings. The molecule has 0 radical (unpaired) electrons. The first kappa shape index (κ1) is 16.7. The predicted molar refractivity (Wildman–Crippen MR) is 72.1 cm³/mol. The standard InChI is InChI=1S/C14H25NO3/c1-5-8-9-12(6-2)11-18-14(17)10-15(4)13(16)7-3/h7,12H,3,5-6,8-11H2,1-2,4H3. The van der Waals surface area contributed by atoms with Crippen molar-refractivity contribution in [3.05, 3.63) is 12.7 Å². The van der Waals surface area contributed by atoms with E-state index in [1.54, 1.807) is 7.05 Å². The Morgan fingerprint density at radius 3 is 2.56 bits per heavy atom. The van der Waals surface area contributed by atoms with E-state index in [1.165, 1.54) is 11.0 Å². The molecule has 4 heteroatoms. The zero-order valence-electron chi connectivity index (χ0n) is 11.8. The molecule has 0 fully saturated rings. The van der Waals surface area contributed by atoms with Gasteiger partial charge in [-0.05, 0) is 18.4 Å². The fraction of sp³-hybridized carbons (Fsp3) is 0.714. The third kappa shape index (κ3) is 7.09. The maximum Gasteiger partial charge on any atom is 0.325 e. The summed E-state index contributed by atoms with van der Waals surface area (Å²) in [6, 6.07) is 0. The van der Waals surface area contributed by atoms with E-state index in [0.29, 0.717) is 12.5 Å². The fourth-order valence-corrected chi connectivity index (χ4v) is 1.58. The molecule has 0 spiro atoms. The monoisotopic (exact) mass is 255 g/mol. The molecule has 0 aliphatic rings.